The Labute approximate surface area is 123 Å². The molecule has 1 unspecified atom stereocenters. The molecule has 1 aromatic heterocycles. The van der Waals surface area contributed by atoms with Crippen LogP contribution in [0.25, 0.3) is 0 Å². The topological polar surface area (TPSA) is 38.9 Å². The fraction of sp³-hybridized carbons (Fsp3) is 0.214. The first-order valence-corrected chi connectivity index (χ1v) is 6.37. The molecule has 2 nitrogen and oxygen atoms in total. The summed E-state index contributed by atoms with van der Waals surface area (Å²) >= 11 is 5.86. The van der Waals surface area contributed by atoms with Crippen LogP contribution in [0.5, 0.6) is 0 Å². The van der Waals surface area contributed by atoms with Gasteiger partial charge in [-0.2, -0.15) is 13.2 Å². The van der Waals surface area contributed by atoms with E-state index in [1.807, 2.05) is 0 Å². The van der Waals surface area contributed by atoms with Gasteiger partial charge in [0.05, 0.1) is 5.56 Å². The Morgan fingerprint density at radius 1 is 1.24 bits per heavy atom. The van der Waals surface area contributed by atoms with Crippen molar-refractivity contribution in [1.82, 2.24) is 4.98 Å². The summed E-state index contributed by atoms with van der Waals surface area (Å²) in [5, 5.41) is 0.128. The summed E-state index contributed by atoms with van der Waals surface area (Å²) in [6, 6.07) is 3.61. The molecule has 21 heavy (non-hydrogen) atoms. The third kappa shape index (κ3) is 3.71. The summed E-state index contributed by atoms with van der Waals surface area (Å²) in [5.74, 6) is -0.519. The Morgan fingerprint density at radius 2 is 1.95 bits per heavy atom. The molecule has 0 spiro atoms. The third-order valence-electron chi connectivity index (χ3n) is 3.01. The van der Waals surface area contributed by atoms with Gasteiger partial charge in [0.15, 0.2) is 0 Å². The standard InChI is InChI=1S/C14H11ClF4N2/c15-12-6-9(16)2-1-8(12)5-13(20)10-7-21-4-3-11(10)14(17,18)19/h1-4,6-7,13H,5,20H2. The lowest BCUT2D eigenvalue weighted by Gasteiger charge is -2.18. The maximum Gasteiger partial charge on any atom is 0.416 e. The summed E-state index contributed by atoms with van der Waals surface area (Å²) in [6.45, 7) is 0. The van der Waals surface area contributed by atoms with Crippen LogP contribution in [0.15, 0.2) is 36.7 Å². The lowest BCUT2D eigenvalue weighted by atomic mass is 9.97. The van der Waals surface area contributed by atoms with E-state index < -0.39 is 23.6 Å². The quantitative estimate of drug-likeness (QED) is 0.864. The molecule has 0 saturated carbocycles. The number of halogens is 5. The molecule has 1 atom stereocenters. The minimum Gasteiger partial charge on any atom is -0.324 e. The number of pyridine rings is 1. The number of benzene rings is 1. The van der Waals surface area contributed by atoms with Crippen LogP contribution in [-0.2, 0) is 12.6 Å². The van der Waals surface area contributed by atoms with E-state index >= 15 is 0 Å². The molecule has 0 radical (unpaired) electrons. The maximum absolute atomic E-state index is 13.0. The fourth-order valence-corrected chi connectivity index (χ4v) is 2.24. The second kappa shape index (κ2) is 5.99. The molecular weight excluding hydrogens is 308 g/mol. The van der Waals surface area contributed by atoms with Gasteiger partial charge in [-0.05, 0) is 35.7 Å². The molecule has 0 saturated heterocycles. The van der Waals surface area contributed by atoms with Gasteiger partial charge in [-0.15, -0.1) is 0 Å². The highest BCUT2D eigenvalue weighted by atomic mass is 35.5. The summed E-state index contributed by atoms with van der Waals surface area (Å²) in [5.41, 5.74) is 5.36. The lowest BCUT2D eigenvalue weighted by molar-refractivity contribution is -0.138. The van der Waals surface area contributed by atoms with E-state index in [9.17, 15) is 17.6 Å². The zero-order valence-corrected chi connectivity index (χ0v) is 11.4. The second-order valence-electron chi connectivity index (χ2n) is 4.51. The molecule has 0 amide bonds. The molecule has 0 fully saturated rings. The van der Waals surface area contributed by atoms with Crippen LogP contribution < -0.4 is 5.73 Å². The van der Waals surface area contributed by atoms with Crippen LogP contribution in [0.2, 0.25) is 5.02 Å². The Bertz CT molecular complexity index is 643. The molecule has 0 bridgehead atoms. The van der Waals surface area contributed by atoms with E-state index in [4.69, 9.17) is 17.3 Å². The van der Waals surface area contributed by atoms with Crippen LogP contribution >= 0.6 is 11.6 Å². The SMILES string of the molecule is NC(Cc1ccc(F)cc1Cl)c1cnccc1C(F)(F)F. The number of nitrogens with two attached hydrogens (primary N) is 1. The van der Waals surface area contributed by atoms with E-state index in [0.29, 0.717) is 5.56 Å². The van der Waals surface area contributed by atoms with Crippen molar-refractivity contribution in [3.8, 4) is 0 Å². The minimum absolute atomic E-state index is 0.0495. The Morgan fingerprint density at radius 3 is 2.57 bits per heavy atom. The lowest BCUT2D eigenvalue weighted by Crippen LogP contribution is -2.19. The first-order valence-electron chi connectivity index (χ1n) is 5.99. The summed E-state index contributed by atoms with van der Waals surface area (Å²) in [6.07, 6.45) is -2.31. The van der Waals surface area contributed by atoms with Crippen molar-refractivity contribution in [2.24, 2.45) is 5.73 Å². The molecule has 0 aliphatic carbocycles. The predicted molar refractivity (Wildman–Crippen MR) is 71.3 cm³/mol. The molecule has 2 N–H and O–H groups in total. The predicted octanol–water partition coefficient (Wildman–Crippen LogP) is 4.14. The monoisotopic (exact) mass is 318 g/mol. The zero-order valence-electron chi connectivity index (χ0n) is 10.7. The number of alkyl halides is 3. The van der Waals surface area contributed by atoms with Crippen LogP contribution in [0, 0.1) is 5.82 Å². The molecular formula is C14H11ClF4N2. The highest BCUT2D eigenvalue weighted by molar-refractivity contribution is 6.31. The van der Waals surface area contributed by atoms with Gasteiger partial charge in [0.25, 0.3) is 0 Å². The van der Waals surface area contributed by atoms with Gasteiger partial charge in [-0.3, -0.25) is 4.98 Å². The van der Waals surface area contributed by atoms with Gasteiger partial charge in [-0.1, -0.05) is 17.7 Å². The molecule has 2 aromatic rings. The van der Waals surface area contributed by atoms with Gasteiger partial charge >= 0.3 is 6.18 Å². The van der Waals surface area contributed by atoms with E-state index in [0.717, 1.165) is 24.5 Å². The minimum atomic E-state index is -4.51. The number of aromatic nitrogens is 1. The van der Waals surface area contributed by atoms with E-state index in [1.165, 1.54) is 12.1 Å². The van der Waals surface area contributed by atoms with Gasteiger partial charge < -0.3 is 5.73 Å². The fourth-order valence-electron chi connectivity index (χ4n) is 1.99. The van der Waals surface area contributed by atoms with Crippen molar-refractivity contribution >= 4 is 11.6 Å². The Kier molecular flexibility index (Phi) is 4.49. The van der Waals surface area contributed by atoms with Crippen molar-refractivity contribution in [2.45, 2.75) is 18.6 Å². The molecule has 2 rings (SSSR count). The summed E-state index contributed by atoms with van der Waals surface area (Å²) in [7, 11) is 0. The molecule has 112 valence electrons. The molecule has 0 aliphatic heterocycles. The van der Waals surface area contributed by atoms with Gasteiger partial charge in [0, 0.05) is 23.5 Å². The van der Waals surface area contributed by atoms with Crippen LogP contribution in [0.3, 0.4) is 0 Å². The largest absolute Gasteiger partial charge is 0.416 e. The average Bonchev–Trinajstić information content (AvgIpc) is 2.41. The average molecular weight is 319 g/mol. The first kappa shape index (κ1) is 15.7. The highest BCUT2D eigenvalue weighted by Crippen LogP contribution is 2.34. The summed E-state index contributed by atoms with van der Waals surface area (Å²) in [4.78, 5) is 3.69. The van der Waals surface area contributed by atoms with E-state index in [1.54, 1.807) is 0 Å². The van der Waals surface area contributed by atoms with E-state index in [2.05, 4.69) is 4.98 Å². The molecule has 7 heteroatoms. The summed E-state index contributed by atoms with van der Waals surface area (Å²) < 4.78 is 51.7. The van der Waals surface area contributed by atoms with Crippen molar-refractivity contribution < 1.29 is 17.6 Å². The van der Waals surface area contributed by atoms with Gasteiger partial charge in [-0.25, -0.2) is 4.39 Å². The first-order chi connectivity index (χ1) is 9.79. The third-order valence-corrected chi connectivity index (χ3v) is 3.36. The normalized spacial score (nSPS) is 13.2. The Balaban J connectivity index is 2.31. The van der Waals surface area contributed by atoms with Gasteiger partial charge in [0.2, 0.25) is 0 Å². The van der Waals surface area contributed by atoms with Crippen molar-refractivity contribution in [2.75, 3.05) is 0 Å². The zero-order chi connectivity index (χ0) is 15.6. The molecule has 1 heterocycles. The van der Waals surface area contributed by atoms with Crippen molar-refractivity contribution in [3.05, 3.63) is 64.2 Å². The Hall–Kier alpha value is -1.66. The smallest absolute Gasteiger partial charge is 0.324 e. The number of nitrogens with zero attached hydrogens (tertiary/aromatic N) is 1. The van der Waals surface area contributed by atoms with Crippen LogP contribution in [-0.4, -0.2) is 4.98 Å². The van der Waals surface area contributed by atoms with E-state index in [-0.39, 0.29) is 17.0 Å². The van der Waals surface area contributed by atoms with Crippen LogP contribution in [0.4, 0.5) is 17.6 Å². The number of rotatable bonds is 3. The second-order valence-corrected chi connectivity index (χ2v) is 4.91. The van der Waals surface area contributed by atoms with Crippen molar-refractivity contribution in [3.63, 3.8) is 0 Å². The number of hydrogen-bond donors (Lipinski definition) is 1. The van der Waals surface area contributed by atoms with Crippen molar-refractivity contribution in [1.29, 1.82) is 0 Å². The maximum atomic E-state index is 13.0. The highest BCUT2D eigenvalue weighted by Gasteiger charge is 2.34. The molecule has 0 aliphatic rings. The van der Waals surface area contributed by atoms with Gasteiger partial charge in [0.1, 0.15) is 5.82 Å². The van der Waals surface area contributed by atoms with Crippen LogP contribution in [0.1, 0.15) is 22.7 Å². The molecule has 1 aromatic carbocycles. The number of hydrogen-bond acceptors (Lipinski definition) is 2.